The highest BCUT2D eigenvalue weighted by molar-refractivity contribution is 6.34. The Labute approximate surface area is 112 Å². The lowest BCUT2D eigenvalue weighted by atomic mass is 10.1. The lowest BCUT2D eigenvalue weighted by Crippen LogP contribution is -2.16. The molecule has 98 valence electrons. The molecule has 0 atom stereocenters. The van der Waals surface area contributed by atoms with E-state index in [4.69, 9.17) is 16.7 Å². The van der Waals surface area contributed by atoms with E-state index >= 15 is 0 Å². The number of aromatic hydroxyl groups is 1. The number of phenolic OH excluding ortho intramolecular Hbond substituents is 1. The van der Waals surface area contributed by atoms with Gasteiger partial charge in [-0.15, -0.1) is 0 Å². The zero-order chi connectivity index (χ0) is 14.0. The second-order valence-corrected chi connectivity index (χ2v) is 4.12. The van der Waals surface area contributed by atoms with Crippen molar-refractivity contribution in [1.29, 1.82) is 0 Å². The van der Waals surface area contributed by atoms with Crippen LogP contribution in [-0.2, 0) is 0 Å². The van der Waals surface area contributed by atoms with Crippen molar-refractivity contribution < 1.29 is 18.7 Å². The maximum Gasteiger partial charge on any atom is 0.261 e. The molecule has 2 rings (SSSR count). The first-order valence-corrected chi connectivity index (χ1v) is 5.60. The monoisotopic (exact) mass is 283 g/mol. The molecule has 0 aliphatic rings. The minimum Gasteiger partial charge on any atom is -0.508 e. The van der Waals surface area contributed by atoms with E-state index in [9.17, 15) is 13.6 Å². The lowest BCUT2D eigenvalue weighted by Gasteiger charge is -2.08. The molecule has 0 aliphatic carbocycles. The van der Waals surface area contributed by atoms with Crippen LogP contribution >= 0.6 is 11.6 Å². The fourth-order valence-electron chi connectivity index (χ4n) is 1.50. The summed E-state index contributed by atoms with van der Waals surface area (Å²) >= 11 is 5.78. The number of benzene rings is 2. The summed E-state index contributed by atoms with van der Waals surface area (Å²) in [5.41, 5.74) is -0.543. The summed E-state index contributed by atoms with van der Waals surface area (Å²) in [4.78, 5) is 11.8. The molecule has 0 saturated carbocycles. The van der Waals surface area contributed by atoms with E-state index in [-0.39, 0.29) is 16.5 Å². The normalized spacial score (nSPS) is 10.3. The zero-order valence-corrected chi connectivity index (χ0v) is 10.2. The standard InChI is InChI=1S/C13H8ClF2NO2/c14-8-6-7(18)4-5-11(8)17-13(19)12-9(15)2-1-3-10(12)16/h1-6,18H,(H,17,19). The van der Waals surface area contributed by atoms with Gasteiger partial charge in [-0.25, -0.2) is 8.78 Å². The zero-order valence-electron chi connectivity index (χ0n) is 9.45. The second kappa shape index (κ2) is 5.24. The minimum atomic E-state index is -0.965. The molecule has 2 aromatic carbocycles. The smallest absolute Gasteiger partial charge is 0.261 e. The molecule has 0 heterocycles. The summed E-state index contributed by atoms with van der Waals surface area (Å²) in [6.45, 7) is 0. The number of hydrogen-bond acceptors (Lipinski definition) is 2. The molecule has 0 unspecified atom stereocenters. The van der Waals surface area contributed by atoms with Crippen molar-refractivity contribution >= 4 is 23.2 Å². The number of rotatable bonds is 2. The fraction of sp³-hybridized carbons (Fsp3) is 0. The number of amides is 1. The number of hydrogen-bond donors (Lipinski definition) is 2. The Morgan fingerprint density at radius 3 is 2.37 bits per heavy atom. The minimum absolute atomic E-state index is 0.0603. The van der Waals surface area contributed by atoms with Gasteiger partial charge >= 0.3 is 0 Å². The van der Waals surface area contributed by atoms with Crippen LogP contribution in [-0.4, -0.2) is 11.0 Å². The Bertz CT molecular complexity index is 626. The number of nitrogens with one attached hydrogen (secondary N) is 1. The molecular weight excluding hydrogens is 276 g/mol. The van der Waals surface area contributed by atoms with E-state index in [2.05, 4.69) is 5.32 Å². The summed E-state index contributed by atoms with van der Waals surface area (Å²) < 4.78 is 26.8. The molecular formula is C13H8ClF2NO2. The first kappa shape index (κ1) is 13.3. The van der Waals surface area contributed by atoms with Crippen LogP contribution in [0.1, 0.15) is 10.4 Å². The van der Waals surface area contributed by atoms with Crippen LogP contribution < -0.4 is 5.32 Å². The number of carbonyl (C=O) groups excluding carboxylic acids is 1. The van der Waals surface area contributed by atoms with Gasteiger partial charge in [0.05, 0.1) is 10.7 Å². The van der Waals surface area contributed by atoms with E-state index < -0.39 is 23.1 Å². The molecule has 6 heteroatoms. The van der Waals surface area contributed by atoms with Gasteiger partial charge in [0, 0.05) is 6.07 Å². The molecule has 0 bridgehead atoms. The number of phenols is 1. The van der Waals surface area contributed by atoms with Gasteiger partial charge in [-0.2, -0.15) is 0 Å². The van der Waals surface area contributed by atoms with E-state index in [0.717, 1.165) is 18.2 Å². The van der Waals surface area contributed by atoms with Crippen molar-refractivity contribution in [1.82, 2.24) is 0 Å². The highest BCUT2D eigenvalue weighted by Crippen LogP contribution is 2.26. The molecule has 0 aliphatic heterocycles. The van der Waals surface area contributed by atoms with Crippen molar-refractivity contribution in [2.75, 3.05) is 5.32 Å². The van der Waals surface area contributed by atoms with Crippen LogP contribution in [0.25, 0.3) is 0 Å². The van der Waals surface area contributed by atoms with Gasteiger partial charge in [0.25, 0.3) is 5.91 Å². The molecule has 2 N–H and O–H groups in total. The average Bonchev–Trinajstić information content (AvgIpc) is 2.32. The molecule has 0 spiro atoms. The number of carbonyl (C=O) groups is 1. The van der Waals surface area contributed by atoms with Gasteiger partial charge in [0.15, 0.2) is 0 Å². The molecule has 3 nitrogen and oxygen atoms in total. The quantitative estimate of drug-likeness (QED) is 0.828. The van der Waals surface area contributed by atoms with E-state index in [1.807, 2.05) is 0 Å². The predicted molar refractivity (Wildman–Crippen MR) is 67.4 cm³/mol. The maximum atomic E-state index is 13.4. The predicted octanol–water partition coefficient (Wildman–Crippen LogP) is 3.58. The SMILES string of the molecule is O=C(Nc1ccc(O)cc1Cl)c1c(F)cccc1F. The molecule has 0 radical (unpaired) electrons. The third-order valence-corrected chi connectivity index (χ3v) is 2.70. The van der Waals surface area contributed by atoms with Crippen molar-refractivity contribution in [3.63, 3.8) is 0 Å². The van der Waals surface area contributed by atoms with Crippen LogP contribution in [0.2, 0.25) is 5.02 Å². The van der Waals surface area contributed by atoms with Gasteiger partial charge in [-0.05, 0) is 24.3 Å². The molecule has 0 aromatic heterocycles. The van der Waals surface area contributed by atoms with E-state index in [1.54, 1.807) is 0 Å². The Morgan fingerprint density at radius 2 is 1.79 bits per heavy atom. The Balaban J connectivity index is 2.31. The molecule has 19 heavy (non-hydrogen) atoms. The van der Waals surface area contributed by atoms with Gasteiger partial charge in [-0.1, -0.05) is 17.7 Å². The summed E-state index contributed by atoms with van der Waals surface area (Å²) in [6.07, 6.45) is 0. The summed E-state index contributed by atoms with van der Waals surface area (Å²) in [7, 11) is 0. The Kier molecular flexibility index (Phi) is 3.66. The van der Waals surface area contributed by atoms with Crippen molar-refractivity contribution in [2.45, 2.75) is 0 Å². The third-order valence-electron chi connectivity index (χ3n) is 2.39. The van der Waals surface area contributed by atoms with Crippen LogP contribution in [0, 0.1) is 11.6 Å². The summed E-state index contributed by atoms with van der Waals surface area (Å²) in [5, 5.41) is 11.5. The average molecular weight is 284 g/mol. The second-order valence-electron chi connectivity index (χ2n) is 3.71. The lowest BCUT2D eigenvalue weighted by molar-refractivity contribution is 0.101. The van der Waals surface area contributed by atoms with Crippen LogP contribution in [0.15, 0.2) is 36.4 Å². The maximum absolute atomic E-state index is 13.4. The van der Waals surface area contributed by atoms with Crippen LogP contribution in [0.5, 0.6) is 5.75 Å². The third kappa shape index (κ3) is 2.82. The van der Waals surface area contributed by atoms with E-state index in [1.165, 1.54) is 18.2 Å². The van der Waals surface area contributed by atoms with Crippen molar-refractivity contribution in [2.24, 2.45) is 0 Å². The Morgan fingerprint density at radius 1 is 1.16 bits per heavy atom. The topological polar surface area (TPSA) is 49.3 Å². The van der Waals surface area contributed by atoms with Crippen molar-refractivity contribution in [3.05, 3.63) is 58.6 Å². The van der Waals surface area contributed by atoms with Gasteiger partial charge in [-0.3, -0.25) is 4.79 Å². The Hall–Kier alpha value is -2.14. The number of anilines is 1. The largest absolute Gasteiger partial charge is 0.508 e. The number of halogens is 3. The summed E-state index contributed by atoms with van der Waals surface area (Å²) in [6, 6.07) is 6.95. The molecule has 0 saturated heterocycles. The van der Waals surface area contributed by atoms with Gasteiger partial charge in [0.2, 0.25) is 0 Å². The molecule has 2 aromatic rings. The highest BCUT2D eigenvalue weighted by atomic mass is 35.5. The van der Waals surface area contributed by atoms with Gasteiger partial charge < -0.3 is 10.4 Å². The first-order valence-electron chi connectivity index (χ1n) is 5.23. The van der Waals surface area contributed by atoms with Crippen LogP contribution in [0.4, 0.5) is 14.5 Å². The first-order chi connectivity index (χ1) is 8.99. The molecule has 1 amide bonds. The highest BCUT2D eigenvalue weighted by Gasteiger charge is 2.17. The van der Waals surface area contributed by atoms with Crippen molar-refractivity contribution in [3.8, 4) is 5.75 Å². The summed E-state index contributed by atoms with van der Waals surface area (Å²) in [5.74, 6) is -2.97. The van der Waals surface area contributed by atoms with Gasteiger partial charge in [0.1, 0.15) is 22.9 Å². The fourth-order valence-corrected chi connectivity index (χ4v) is 1.73. The van der Waals surface area contributed by atoms with Crippen LogP contribution in [0.3, 0.4) is 0 Å². The molecule has 0 fully saturated rings. The van der Waals surface area contributed by atoms with E-state index in [0.29, 0.717) is 0 Å².